The van der Waals surface area contributed by atoms with E-state index in [0.29, 0.717) is 102 Å². The van der Waals surface area contributed by atoms with Gasteiger partial charge in [-0.3, -0.25) is 30.2 Å². The number of aliphatic imine (C=N–C) groups is 1. The number of aromatic nitrogens is 5. The number of fused-ring (bicyclic) bond motifs is 2. The number of nitrogens with two attached hydrogens (primary N) is 2. The molecule has 0 atom stereocenters. The van der Waals surface area contributed by atoms with Crippen LogP contribution in [0.25, 0.3) is 21.5 Å². The zero-order chi connectivity index (χ0) is 97.2. The van der Waals surface area contributed by atoms with Crippen molar-refractivity contribution in [2.75, 3.05) is 85.9 Å². The third-order valence-corrected chi connectivity index (χ3v) is 21.5. The number of benzene rings is 8. The van der Waals surface area contributed by atoms with Gasteiger partial charge in [0.05, 0.1) is 104 Å². The van der Waals surface area contributed by atoms with Crippen LogP contribution in [-0.2, 0) is 40.7 Å². The molecule has 2 amide bonds. The van der Waals surface area contributed by atoms with Crippen molar-refractivity contribution in [1.82, 2.24) is 24.9 Å². The van der Waals surface area contributed by atoms with Gasteiger partial charge in [0, 0.05) is 74.6 Å². The van der Waals surface area contributed by atoms with E-state index in [1.54, 1.807) is 129 Å². The van der Waals surface area contributed by atoms with E-state index in [4.69, 9.17) is 66.3 Å². The molecule has 0 aliphatic heterocycles. The zero-order valence-electron chi connectivity index (χ0n) is 76.7. The summed E-state index contributed by atoms with van der Waals surface area (Å²) >= 11 is 8.55. The maximum atomic E-state index is 13.4. The number of carbonyl (C=O) groups is 4. The quantitative estimate of drug-likeness (QED) is 0.00365. The monoisotopic (exact) mass is 1880 g/mol. The molecule has 0 bridgehead atoms. The SMILES string of the molecule is CCOC(=O)c1csc(Nc2cc(C(C)(C)C)cc(N)c2OC)n1.CCOC(=O)c1csc(Nc2cc(C(C)(C)C)cc(NC(=O)Nc3ccc(Oc4ccncc4)c4ccccc34)c2OC)n1.CCOC(=O)c1csc(Nc2cc(C(C)(C)C)cc([N+](=O)[O-])c2OC)n1.COc1c(NC(N)=S)cc(C(C)(C)C)cc1[N+](=O)[O-].O=C=Nc1ccc(Oc2ccncc2)c2ccccc12. The molecule has 0 spiro atoms. The molecule has 8 aromatic carbocycles. The number of nitro benzene ring substituents is 2. The van der Waals surface area contributed by atoms with Crippen LogP contribution in [0.2, 0.25) is 0 Å². The van der Waals surface area contributed by atoms with Crippen LogP contribution >= 0.6 is 46.2 Å². The minimum absolute atomic E-state index is 0.0265. The summed E-state index contributed by atoms with van der Waals surface area (Å²) < 4.78 is 48.4. The van der Waals surface area contributed by atoms with Crippen molar-refractivity contribution < 1.29 is 76.5 Å². The van der Waals surface area contributed by atoms with Crippen LogP contribution in [0.15, 0.2) is 192 Å². The van der Waals surface area contributed by atoms with Gasteiger partial charge in [0.2, 0.25) is 17.6 Å². The number of hydrogen-bond acceptors (Lipinski definition) is 32. The lowest BCUT2D eigenvalue weighted by atomic mass is 9.86. The van der Waals surface area contributed by atoms with Crippen molar-refractivity contribution in [3.05, 3.63) is 246 Å². The Morgan fingerprint density at radius 1 is 0.444 bits per heavy atom. The Bertz CT molecular complexity index is 6380. The number of rotatable bonds is 26. The van der Waals surface area contributed by atoms with Gasteiger partial charge in [-0.05, 0) is 162 Å². The molecule has 10 N–H and O–H groups in total. The summed E-state index contributed by atoms with van der Waals surface area (Å²) in [5.41, 5.74) is 19.0. The van der Waals surface area contributed by atoms with Crippen molar-refractivity contribution >= 4 is 175 Å². The molecule has 5 heterocycles. The highest BCUT2D eigenvalue weighted by atomic mass is 32.1. The molecule has 0 aliphatic rings. The average molecular weight is 1890 g/mol. The van der Waals surface area contributed by atoms with Gasteiger partial charge >= 0.3 is 35.3 Å². The summed E-state index contributed by atoms with van der Waals surface area (Å²) in [6.07, 6.45) is 8.24. The first-order valence-corrected chi connectivity index (χ1v) is 44.2. The standard InChI is InChI=1S/C33H33N5O5S.C17H21N3O5S.C17H23N3O3S.C16H10N2O2.C12H17N3O3S/c1-6-42-30(39)27-19-44-32(38-27)37-26-18-20(33(2,3)4)17-25(29(26)41-5)36-31(40)35-24-11-12-28(23-10-8-7-9-22(23)24)43-21-13-15-34-16-14-21;1-6-25-15(21)12-9-26-16(19-12)18-11-7-10(17(2,3)4)8-13(20(22)23)14(11)24-5;1-6-23-15(21)13-9-24-16(20-13)19-12-8-10(17(2,3)4)7-11(18)14(12)22-5;19-11-18-15-5-6-16(14-4-2-1-3-13(14)15)20-12-7-9-17-10-8-12;1-12(2,3)7-5-8(14-11(13)19)10(18-4)9(6-7)15(16)17/h7-19H,6H2,1-5H3,(H,37,38)(H2,35,36,40);7-9H,6H2,1-5H3,(H,18,19);7-9H,6,18H2,1-5H3,(H,19,20);1-10H;5-6H,1-4H3,(H3,13,14,19). The first-order valence-electron chi connectivity index (χ1n) is 41.2. The molecule has 34 nitrogen and oxygen atoms in total. The van der Waals surface area contributed by atoms with E-state index in [1.807, 2.05) is 120 Å². The van der Waals surface area contributed by atoms with E-state index in [2.05, 4.69) is 103 Å². The Labute approximate surface area is 785 Å². The number of carbonyl (C=O) groups excluding carboxylic acids is 5. The van der Waals surface area contributed by atoms with Gasteiger partial charge in [0.15, 0.2) is 49.1 Å². The number of thiazole rings is 3. The van der Waals surface area contributed by atoms with E-state index in [-0.39, 0.29) is 79.9 Å². The molecule has 0 saturated carbocycles. The number of nitrogen functional groups attached to an aromatic ring is 1. The summed E-state index contributed by atoms with van der Waals surface area (Å²) in [6, 6.07) is 43.4. The third-order valence-electron chi connectivity index (χ3n) is 19.1. The maximum Gasteiger partial charge on any atom is 0.357 e. The smallest absolute Gasteiger partial charge is 0.357 e. The summed E-state index contributed by atoms with van der Waals surface area (Å²) in [6.45, 7) is 30.4. The number of anilines is 10. The van der Waals surface area contributed by atoms with E-state index < -0.39 is 33.8 Å². The average Bonchev–Trinajstić information content (AvgIpc) is 1.80. The summed E-state index contributed by atoms with van der Waals surface area (Å²) in [5, 5.41) is 50.4. The number of isocyanates is 1. The Kier molecular flexibility index (Phi) is 35.2. The number of methoxy groups -OCH3 is 4. The van der Waals surface area contributed by atoms with Crippen molar-refractivity contribution in [1.29, 1.82) is 0 Å². The van der Waals surface area contributed by atoms with Crippen LogP contribution in [0.5, 0.6) is 46.0 Å². The number of nitrogens with one attached hydrogen (secondary N) is 6. The second-order valence-electron chi connectivity index (χ2n) is 32.7. The van der Waals surface area contributed by atoms with Crippen LogP contribution in [0, 0.1) is 20.2 Å². The molecule has 0 aliphatic carbocycles. The van der Waals surface area contributed by atoms with Gasteiger partial charge in [-0.1, -0.05) is 132 Å². The second kappa shape index (κ2) is 46.0. The van der Waals surface area contributed by atoms with E-state index >= 15 is 0 Å². The Balaban J connectivity index is 0.000000195. The molecule has 0 radical (unpaired) electrons. The number of amides is 2. The zero-order valence-corrected chi connectivity index (χ0v) is 80.0. The molecular weight excluding hydrogens is 1780 g/mol. The lowest BCUT2D eigenvalue weighted by Gasteiger charge is -2.24. The highest BCUT2D eigenvalue weighted by Gasteiger charge is 2.30. The van der Waals surface area contributed by atoms with Crippen LogP contribution in [0.3, 0.4) is 0 Å². The Morgan fingerprint density at radius 2 is 0.782 bits per heavy atom. The number of nitrogens with zero attached hydrogens (tertiary/aromatic N) is 8. The highest BCUT2D eigenvalue weighted by molar-refractivity contribution is 7.80. The minimum atomic E-state index is -0.516. The number of thiocarbonyl (C=S) groups is 1. The minimum Gasteiger partial charge on any atom is -0.492 e. The molecule has 13 aromatic rings. The van der Waals surface area contributed by atoms with Crippen molar-refractivity contribution in [3.63, 3.8) is 0 Å². The fraction of sp³-hybridized carbons (Fsp3) is 0.274. The van der Waals surface area contributed by atoms with E-state index in [1.165, 1.54) is 67.5 Å². The fourth-order valence-corrected chi connectivity index (χ4v) is 14.7. The lowest BCUT2D eigenvalue weighted by Crippen LogP contribution is -2.21. The number of urea groups is 1. The number of pyridine rings is 2. The van der Waals surface area contributed by atoms with Gasteiger partial charge < -0.3 is 86.0 Å². The topological polar surface area (TPSA) is 456 Å². The predicted octanol–water partition coefficient (Wildman–Crippen LogP) is 23.1. The Morgan fingerprint density at radius 3 is 1.17 bits per heavy atom. The molecule has 0 fully saturated rings. The van der Waals surface area contributed by atoms with Gasteiger partial charge in [0.1, 0.15) is 23.0 Å². The number of ether oxygens (including phenoxy) is 9. The van der Waals surface area contributed by atoms with Gasteiger partial charge in [-0.2, -0.15) is 4.99 Å². The second-order valence-corrected chi connectivity index (χ2v) is 35.7. The maximum absolute atomic E-state index is 13.4. The summed E-state index contributed by atoms with van der Waals surface area (Å²) in [5.74, 6) is 2.47. The Hall–Kier alpha value is -15.0. The lowest BCUT2D eigenvalue weighted by molar-refractivity contribution is -0.385. The van der Waals surface area contributed by atoms with Crippen LogP contribution in [0.1, 0.15) is 158 Å². The summed E-state index contributed by atoms with van der Waals surface area (Å²) in [7, 11) is 5.83. The van der Waals surface area contributed by atoms with Crippen molar-refractivity contribution in [3.8, 4) is 46.0 Å². The largest absolute Gasteiger partial charge is 0.492 e. The molecule has 0 unspecified atom stereocenters. The third kappa shape index (κ3) is 27.8. The van der Waals surface area contributed by atoms with Crippen molar-refractivity contribution in [2.45, 2.75) is 126 Å². The van der Waals surface area contributed by atoms with Gasteiger partial charge in [-0.15, -0.1) is 34.0 Å². The molecule has 696 valence electrons. The van der Waals surface area contributed by atoms with Crippen LogP contribution in [-0.4, -0.2) is 118 Å². The van der Waals surface area contributed by atoms with E-state index in [0.717, 1.165) is 43.8 Å². The highest BCUT2D eigenvalue weighted by Crippen LogP contribution is 2.46. The molecule has 5 aromatic heterocycles. The van der Waals surface area contributed by atoms with Crippen LogP contribution in [0.4, 0.5) is 77.1 Å². The number of esters is 3. The van der Waals surface area contributed by atoms with E-state index in [9.17, 15) is 44.2 Å². The summed E-state index contributed by atoms with van der Waals surface area (Å²) in [4.78, 5) is 106. The number of nitro groups is 2. The molecule has 38 heteroatoms. The number of hydrogen-bond donors (Lipinski definition) is 8. The van der Waals surface area contributed by atoms with Gasteiger partial charge in [0.25, 0.3) is 0 Å². The van der Waals surface area contributed by atoms with Crippen LogP contribution < -0.4 is 71.8 Å². The normalized spacial score (nSPS) is 10.9. The van der Waals surface area contributed by atoms with Gasteiger partial charge in [-0.25, -0.2) is 38.9 Å². The first-order chi connectivity index (χ1) is 63.1. The molecule has 133 heavy (non-hydrogen) atoms. The molecule has 0 saturated heterocycles. The predicted molar refractivity (Wildman–Crippen MR) is 526 cm³/mol. The molecular formula is C95H104N16O18S4. The first kappa shape index (κ1) is 102. The fourth-order valence-electron chi connectivity index (χ4n) is 12.5. The van der Waals surface area contributed by atoms with Crippen molar-refractivity contribution in [2.24, 2.45) is 10.7 Å². The molecule has 13 rings (SSSR count).